The van der Waals surface area contributed by atoms with Crippen molar-refractivity contribution < 1.29 is 28.5 Å². The van der Waals surface area contributed by atoms with Gasteiger partial charge in [-0.15, -0.1) is 5.06 Å². The van der Waals surface area contributed by atoms with Crippen molar-refractivity contribution >= 4 is 7.82 Å². The Hall–Kier alpha value is -0.0100. The molecule has 0 bridgehead atoms. The number of phosphoric ester groups is 1. The van der Waals surface area contributed by atoms with Crippen molar-refractivity contribution in [3.63, 3.8) is 0 Å². The van der Waals surface area contributed by atoms with E-state index in [0.717, 1.165) is 43.6 Å². The van der Waals surface area contributed by atoms with Crippen molar-refractivity contribution in [1.82, 2.24) is 5.06 Å². The molecule has 2 unspecified atom stereocenters. The molecule has 8 heteroatoms. The van der Waals surface area contributed by atoms with E-state index in [1.54, 1.807) is 0 Å². The Morgan fingerprint density at radius 1 is 0.556 bits per heavy atom. The molecule has 0 spiro atoms. The standard InChI is InChI=1S/C28H60NO6P/c1-5-7-9-11-13-15-17-19-21-23-25-33-36(32,35-29(27(3)30)28(4)31)34-26-24-22-20-18-16-14-12-10-8-6-2/h27-28,30-31H,5-26H2,1-4H3. The van der Waals surface area contributed by atoms with Gasteiger partial charge in [0.1, 0.15) is 12.5 Å². The van der Waals surface area contributed by atoms with Crippen molar-refractivity contribution in [2.24, 2.45) is 0 Å². The third-order valence-electron chi connectivity index (χ3n) is 6.43. The molecule has 0 rings (SSSR count). The number of phosphoric acid groups is 1. The highest BCUT2D eigenvalue weighted by Crippen LogP contribution is 2.51. The molecule has 36 heavy (non-hydrogen) atoms. The summed E-state index contributed by atoms with van der Waals surface area (Å²) in [4.78, 5) is 0. The lowest BCUT2D eigenvalue weighted by Crippen LogP contribution is -2.39. The highest BCUT2D eigenvalue weighted by molar-refractivity contribution is 7.48. The van der Waals surface area contributed by atoms with Crippen LogP contribution in [0.3, 0.4) is 0 Å². The summed E-state index contributed by atoms with van der Waals surface area (Å²) in [6, 6.07) is 0. The molecular weight excluding hydrogens is 477 g/mol. The minimum Gasteiger partial charge on any atom is -0.376 e. The van der Waals surface area contributed by atoms with E-state index in [9.17, 15) is 14.8 Å². The Labute approximate surface area is 223 Å². The lowest BCUT2D eigenvalue weighted by atomic mass is 10.1. The van der Waals surface area contributed by atoms with Gasteiger partial charge in [0.05, 0.1) is 13.2 Å². The van der Waals surface area contributed by atoms with Crippen molar-refractivity contribution in [3.05, 3.63) is 0 Å². The molecule has 0 saturated carbocycles. The number of rotatable bonds is 28. The zero-order valence-corrected chi connectivity index (χ0v) is 25.0. The molecule has 7 nitrogen and oxygen atoms in total. The zero-order chi connectivity index (χ0) is 26.9. The number of nitrogens with zero attached hydrogens (tertiary/aromatic N) is 1. The molecule has 0 saturated heterocycles. The van der Waals surface area contributed by atoms with E-state index in [-0.39, 0.29) is 13.2 Å². The first-order valence-corrected chi connectivity index (χ1v) is 16.6. The van der Waals surface area contributed by atoms with Gasteiger partial charge in [-0.05, 0) is 26.7 Å². The van der Waals surface area contributed by atoms with Crippen LogP contribution in [0.4, 0.5) is 0 Å². The Morgan fingerprint density at radius 3 is 1.11 bits per heavy atom. The summed E-state index contributed by atoms with van der Waals surface area (Å²) >= 11 is 0. The normalized spacial score (nSPS) is 14.0. The third kappa shape index (κ3) is 22.0. The van der Waals surface area contributed by atoms with Crippen LogP contribution in [0, 0.1) is 0 Å². The van der Waals surface area contributed by atoms with Gasteiger partial charge in [0.15, 0.2) is 0 Å². The summed E-state index contributed by atoms with van der Waals surface area (Å²) in [7, 11) is -3.93. The van der Waals surface area contributed by atoms with E-state index in [1.807, 2.05) is 0 Å². The minimum atomic E-state index is -3.93. The highest BCUT2D eigenvalue weighted by Gasteiger charge is 2.34. The molecule has 2 N–H and O–H groups in total. The smallest absolute Gasteiger partial charge is 0.376 e. The van der Waals surface area contributed by atoms with E-state index in [4.69, 9.17) is 13.7 Å². The number of hydroxylamine groups is 2. The quantitative estimate of drug-likeness (QED) is 0.0446. The van der Waals surface area contributed by atoms with Gasteiger partial charge in [-0.3, -0.25) is 9.05 Å². The van der Waals surface area contributed by atoms with Crippen LogP contribution >= 0.6 is 7.82 Å². The fourth-order valence-corrected chi connectivity index (χ4v) is 5.56. The van der Waals surface area contributed by atoms with E-state index in [0.29, 0.717) is 0 Å². The first-order chi connectivity index (χ1) is 17.4. The largest absolute Gasteiger partial charge is 0.491 e. The third-order valence-corrected chi connectivity index (χ3v) is 7.81. The average Bonchev–Trinajstić information content (AvgIpc) is 2.84. The molecule has 0 heterocycles. The molecule has 218 valence electrons. The first-order valence-electron chi connectivity index (χ1n) is 15.1. The van der Waals surface area contributed by atoms with Crippen LogP contribution in [0.5, 0.6) is 0 Å². The van der Waals surface area contributed by atoms with Gasteiger partial charge < -0.3 is 10.2 Å². The summed E-state index contributed by atoms with van der Waals surface area (Å²) < 4.78 is 29.8. The molecule has 0 aliphatic carbocycles. The number of hydrogen-bond acceptors (Lipinski definition) is 7. The molecule has 0 aliphatic heterocycles. The number of hydrogen-bond donors (Lipinski definition) is 2. The summed E-state index contributed by atoms with van der Waals surface area (Å²) in [5.41, 5.74) is 0. The van der Waals surface area contributed by atoms with Gasteiger partial charge in [-0.25, -0.2) is 4.57 Å². The van der Waals surface area contributed by atoms with Crippen LogP contribution in [0.1, 0.15) is 156 Å². The van der Waals surface area contributed by atoms with E-state index in [1.165, 1.54) is 104 Å². The van der Waals surface area contributed by atoms with Crippen molar-refractivity contribution in [2.45, 2.75) is 169 Å². The fraction of sp³-hybridized carbons (Fsp3) is 1.00. The summed E-state index contributed by atoms with van der Waals surface area (Å²) in [6.45, 7) is 7.87. The Bertz CT molecular complexity index is 468. The molecule has 0 aromatic heterocycles. The van der Waals surface area contributed by atoms with Gasteiger partial charge in [-0.2, -0.15) is 4.62 Å². The van der Waals surface area contributed by atoms with Crippen LogP contribution in [0.15, 0.2) is 0 Å². The molecule has 0 amide bonds. The summed E-state index contributed by atoms with van der Waals surface area (Å²) in [5.74, 6) is 0. The van der Waals surface area contributed by atoms with Gasteiger partial charge in [0.25, 0.3) is 0 Å². The molecule has 2 atom stereocenters. The van der Waals surface area contributed by atoms with E-state index >= 15 is 0 Å². The molecule has 0 aliphatic rings. The van der Waals surface area contributed by atoms with Crippen LogP contribution in [0.2, 0.25) is 0 Å². The van der Waals surface area contributed by atoms with Crippen molar-refractivity contribution in [2.75, 3.05) is 13.2 Å². The maximum absolute atomic E-state index is 13.2. The molecule has 0 aromatic rings. The summed E-state index contributed by atoms with van der Waals surface area (Å²) in [6.07, 6.45) is 21.7. The molecular formula is C28H60NO6P. The van der Waals surface area contributed by atoms with Crippen molar-refractivity contribution in [3.8, 4) is 0 Å². The topological polar surface area (TPSA) is 88.5 Å². The second-order valence-corrected chi connectivity index (χ2v) is 11.8. The van der Waals surface area contributed by atoms with Crippen LogP contribution in [0.25, 0.3) is 0 Å². The zero-order valence-electron chi connectivity index (χ0n) is 24.1. The molecule has 0 fully saturated rings. The number of aliphatic hydroxyl groups is 2. The van der Waals surface area contributed by atoms with Gasteiger partial charge >= 0.3 is 7.82 Å². The average molecular weight is 538 g/mol. The SMILES string of the molecule is CCCCCCCCCCCCOP(=O)(OCCCCCCCCCCCC)ON(C(C)O)C(C)O. The van der Waals surface area contributed by atoms with E-state index < -0.39 is 20.3 Å². The monoisotopic (exact) mass is 537 g/mol. The predicted octanol–water partition coefficient (Wildman–Crippen LogP) is 8.88. The maximum Gasteiger partial charge on any atom is 0.491 e. The Morgan fingerprint density at radius 2 is 0.833 bits per heavy atom. The van der Waals surface area contributed by atoms with Crippen molar-refractivity contribution in [1.29, 1.82) is 0 Å². The maximum atomic E-state index is 13.2. The van der Waals surface area contributed by atoms with Gasteiger partial charge in [0.2, 0.25) is 0 Å². The first kappa shape index (κ1) is 36.0. The van der Waals surface area contributed by atoms with Crippen LogP contribution < -0.4 is 0 Å². The van der Waals surface area contributed by atoms with Crippen LogP contribution in [-0.4, -0.2) is 40.9 Å². The minimum absolute atomic E-state index is 0.263. The van der Waals surface area contributed by atoms with E-state index in [2.05, 4.69) is 13.8 Å². The lowest BCUT2D eigenvalue weighted by molar-refractivity contribution is -0.247. The van der Waals surface area contributed by atoms with Gasteiger partial charge in [-0.1, -0.05) is 129 Å². The second kappa shape index (κ2) is 25.3. The van der Waals surface area contributed by atoms with Gasteiger partial charge in [0, 0.05) is 0 Å². The molecule has 0 aromatic carbocycles. The predicted molar refractivity (Wildman–Crippen MR) is 149 cm³/mol. The number of unbranched alkanes of at least 4 members (excludes halogenated alkanes) is 18. The second-order valence-electron chi connectivity index (χ2n) is 10.2. The Balaban J connectivity index is 4.22. The number of aliphatic hydroxyl groups excluding tert-OH is 2. The van der Waals surface area contributed by atoms with Crippen LogP contribution in [-0.2, 0) is 18.2 Å². The molecule has 0 radical (unpaired) electrons. The summed E-state index contributed by atoms with van der Waals surface area (Å²) in [5, 5.41) is 20.6. The highest BCUT2D eigenvalue weighted by atomic mass is 31.2. The Kier molecular flexibility index (Phi) is 25.3. The lowest BCUT2D eigenvalue weighted by Gasteiger charge is -2.29. The fourth-order valence-electron chi connectivity index (χ4n) is 4.18.